The normalized spacial score (nSPS) is 18.9. The van der Waals surface area contributed by atoms with Crippen molar-refractivity contribution >= 4 is 5.69 Å². The molecule has 1 aromatic heterocycles. The summed E-state index contributed by atoms with van der Waals surface area (Å²) in [7, 11) is 0. The third-order valence-corrected chi connectivity index (χ3v) is 3.62. The van der Waals surface area contributed by atoms with Gasteiger partial charge in [-0.05, 0) is 31.5 Å². The van der Waals surface area contributed by atoms with Gasteiger partial charge in [0.15, 0.2) is 0 Å². The first-order chi connectivity index (χ1) is 9.74. The highest BCUT2D eigenvalue weighted by Crippen LogP contribution is 2.25. The second-order valence-electron chi connectivity index (χ2n) is 4.99. The van der Waals surface area contributed by atoms with E-state index in [0.717, 1.165) is 30.0 Å². The molecule has 0 bridgehead atoms. The number of rotatable bonds is 3. The molecule has 3 rings (SSSR count). The predicted molar refractivity (Wildman–Crippen MR) is 75.3 cm³/mol. The minimum Gasteiger partial charge on any atom is -0.341 e. The molecule has 6 heteroatoms. The quantitative estimate of drug-likeness (QED) is 0.664. The van der Waals surface area contributed by atoms with Gasteiger partial charge in [0, 0.05) is 17.7 Å². The Morgan fingerprint density at radius 2 is 2.05 bits per heavy atom. The van der Waals surface area contributed by atoms with Crippen LogP contribution < -0.4 is 5.32 Å². The lowest BCUT2D eigenvalue weighted by atomic mass is 10.0. The van der Waals surface area contributed by atoms with Crippen LogP contribution >= 0.6 is 0 Å². The van der Waals surface area contributed by atoms with E-state index in [-0.39, 0.29) is 11.7 Å². The van der Waals surface area contributed by atoms with E-state index in [1.807, 2.05) is 0 Å². The predicted octanol–water partition coefficient (Wildman–Crippen LogP) is 2.80. The molecule has 0 spiro atoms. The molecular formula is C14H16N4O2. The van der Waals surface area contributed by atoms with Crippen molar-refractivity contribution < 1.29 is 4.92 Å². The van der Waals surface area contributed by atoms with Crippen molar-refractivity contribution in [2.75, 3.05) is 6.54 Å². The maximum Gasteiger partial charge on any atom is 0.269 e. The molecule has 1 aromatic carbocycles. The molecule has 104 valence electrons. The van der Waals surface area contributed by atoms with E-state index in [9.17, 15) is 10.1 Å². The van der Waals surface area contributed by atoms with Crippen LogP contribution in [0.5, 0.6) is 0 Å². The SMILES string of the molecule is O=[N+]([O-])c1ccc(-c2cnc(C3CCCCN3)[nH]2)cc1. The molecule has 1 aliphatic heterocycles. The molecule has 1 aliphatic rings. The maximum atomic E-state index is 10.6. The first-order valence-electron chi connectivity index (χ1n) is 6.77. The monoisotopic (exact) mass is 272 g/mol. The molecule has 2 heterocycles. The number of nitrogens with zero attached hydrogens (tertiary/aromatic N) is 2. The molecule has 6 nitrogen and oxygen atoms in total. The van der Waals surface area contributed by atoms with Gasteiger partial charge in [0.1, 0.15) is 5.82 Å². The average molecular weight is 272 g/mol. The second kappa shape index (κ2) is 5.42. The van der Waals surface area contributed by atoms with Gasteiger partial charge in [0.05, 0.1) is 22.9 Å². The number of hydrogen-bond acceptors (Lipinski definition) is 4. The highest BCUT2D eigenvalue weighted by atomic mass is 16.6. The molecule has 0 amide bonds. The van der Waals surface area contributed by atoms with Gasteiger partial charge in [-0.15, -0.1) is 0 Å². The van der Waals surface area contributed by atoms with Crippen LogP contribution in [-0.4, -0.2) is 21.4 Å². The number of aromatic nitrogens is 2. The Labute approximate surface area is 116 Å². The molecule has 1 fully saturated rings. The zero-order chi connectivity index (χ0) is 13.9. The number of nitro groups is 1. The van der Waals surface area contributed by atoms with Crippen molar-refractivity contribution in [3.05, 3.63) is 46.4 Å². The standard InChI is InChI=1S/C14H16N4O2/c19-18(20)11-6-4-10(5-7-11)13-9-16-14(17-13)12-3-1-2-8-15-12/h4-7,9,12,15H,1-3,8H2,(H,16,17). The number of hydrogen-bond donors (Lipinski definition) is 2. The van der Waals surface area contributed by atoms with Crippen molar-refractivity contribution in [2.24, 2.45) is 0 Å². The fourth-order valence-electron chi connectivity index (χ4n) is 2.51. The van der Waals surface area contributed by atoms with E-state index in [1.165, 1.54) is 25.0 Å². The Hall–Kier alpha value is -2.21. The summed E-state index contributed by atoms with van der Waals surface area (Å²) < 4.78 is 0. The third-order valence-electron chi connectivity index (χ3n) is 3.62. The Balaban J connectivity index is 1.80. The summed E-state index contributed by atoms with van der Waals surface area (Å²) in [5.41, 5.74) is 1.90. The van der Waals surface area contributed by atoms with Crippen LogP contribution in [0.25, 0.3) is 11.3 Å². The number of aromatic amines is 1. The van der Waals surface area contributed by atoms with Crippen LogP contribution in [0.3, 0.4) is 0 Å². The van der Waals surface area contributed by atoms with Crippen molar-refractivity contribution in [3.63, 3.8) is 0 Å². The second-order valence-corrected chi connectivity index (χ2v) is 4.99. The van der Waals surface area contributed by atoms with Crippen LogP contribution in [-0.2, 0) is 0 Å². The summed E-state index contributed by atoms with van der Waals surface area (Å²) in [5.74, 6) is 0.943. The first kappa shape index (κ1) is 12.8. The molecule has 1 saturated heterocycles. The number of nitrogens with one attached hydrogen (secondary N) is 2. The molecule has 0 aliphatic carbocycles. The van der Waals surface area contributed by atoms with Crippen LogP contribution in [0.1, 0.15) is 31.1 Å². The minimum absolute atomic E-state index is 0.0995. The molecule has 20 heavy (non-hydrogen) atoms. The third kappa shape index (κ3) is 2.55. The first-order valence-corrected chi connectivity index (χ1v) is 6.77. The molecule has 0 saturated carbocycles. The van der Waals surface area contributed by atoms with Crippen molar-refractivity contribution in [1.29, 1.82) is 0 Å². The van der Waals surface area contributed by atoms with Gasteiger partial charge in [0.2, 0.25) is 0 Å². The number of nitro benzene ring substituents is 1. The number of piperidine rings is 1. The Morgan fingerprint density at radius 1 is 1.25 bits per heavy atom. The summed E-state index contributed by atoms with van der Waals surface area (Å²) in [6.45, 7) is 1.03. The fourth-order valence-corrected chi connectivity index (χ4v) is 2.51. The number of non-ortho nitro benzene ring substituents is 1. The van der Waals surface area contributed by atoms with Gasteiger partial charge in [-0.1, -0.05) is 6.42 Å². The van der Waals surface area contributed by atoms with Crippen LogP contribution in [0.2, 0.25) is 0 Å². The van der Waals surface area contributed by atoms with E-state index >= 15 is 0 Å². The molecule has 1 atom stereocenters. The van der Waals surface area contributed by atoms with E-state index < -0.39 is 4.92 Å². The summed E-state index contributed by atoms with van der Waals surface area (Å²) in [6.07, 6.45) is 5.30. The van der Waals surface area contributed by atoms with Crippen molar-refractivity contribution in [1.82, 2.24) is 15.3 Å². The lowest BCUT2D eigenvalue weighted by molar-refractivity contribution is -0.384. The van der Waals surface area contributed by atoms with Gasteiger partial charge >= 0.3 is 0 Å². The van der Waals surface area contributed by atoms with Gasteiger partial charge in [-0.25, -0.2) is 4.98 Å². The van der Waals surface area contributed by atoms with E-state index in [2.05, 4.69) is 15.3 Å². The number of benzene rings is 1. The summed E-state index contributed by atoms with van der Waals surface area (Å²) >= 11 is 0. The number of imidazole rings is 1. The highest BCUT2D eigenvalue weighted by molar-refractivity contribution is 5.60. The highest BCUT2D eigenvalue weighted by Gasteiger charge is 2.18. The molecule has 0 radical (unpaired) electrons. The van der Waals surface area contributed by atoms with E-state index in [4.69, 9.17) is 0 Å². The fraction of sp³-hybridized carbons (Fsp3) is 0.357. The lowest BCUT2D eigenvalue weighted by Gasteiger charge is -2.21. The smallest absolute Gasteiger partial charge is 0.269 e. The zero-order valence-corrected chi connectivity index (χ0v) is 11.0. The Morgan fingerprint density at radius 3 is 2.70 bits per heavy atom. The van der Waals surface area contributed by atoms with Crippen molar-refractivity contribution in [2.45, 2.75) is 25.3 Å². The Kier molecular flexibility index (Phi) is 3.47. The summed E-state index contributed by atoms with van der Waals surface area (Å²) in [5, 5.41) is 14.1. The maximum absolute atomic E-state index is 10.6. The van der Waals surface area contributed by atoms with Gasteiger partial charge in [0.25, 0.3) is 5.69 Å². The summed E-state index contributed by atoms with van der Waals surface area (Å²) in [6, 6.07) is 6.78. The van der Waals surface area contributed by atoms with Gasteiger partial charge < -0.3 is 10.3 Å². The van der Waals surface area contributed by atoms with E-state index in [1.54, 1.807) is 18.3 Å². The van der Waals surface area contributed by atoms with E-state index in [0.29, 0.717) is 0 Å². The van der Waals surface area contributed by atoms with Crippen LogP contribution in [0.15, 0.2) is 30.5 Å². The van der Waals surface area contributed by atoms with Crippen molar-refractivity contribution in [3.8, 4) is 11.3 Å². The Bertz CT molecular complexity index is 600. The minimum atomic E-state index is -0.395. The molecule has 2 aromatic rings. The molecular weight excluding hydrogens is 256 g/mol. The average Bonchev–Trinajstić information content (AvgIpc) is 2.98. The van der Waals surface area contributed by atoms with Gasteiger partial charge in [-0.2, -0.15) is 0 Å². The zero-order valence-electron chi connectivity index (χ0n) is 11.0. The summed E-state index contributed by atoms with van der Waals surface area (Å²) in [4.78, 5) is 18.0. The van der Waals surface area contributed by atoms with Crippen LogP contribution in [0, 0.1) is 10.1 Å². The van der Waals surface area contributed by atoms with Crippen LogP contribution in [0.4, 0.5) is 5.69 Å². The van der Waals surface area contributed by atoms with Gasteiger partial charge in [-0.3, -0.25) is 10.1 Å². The largest absolute Gasteiger partial charge is 0.341 e. The lowest BCUT2D eigenvalue weighted by Crippen LogP contribution is -2.27. The number of H-pyrrole nitrogens is 1. The molecule has 1 unspecified atom stereocenters. The topological polar surface area (TPSA) is 83.8 Å². The molecule has 2 N–H and O–H groups in total.